The lowest BCUT2D eigenvalue weighted by Crippen LogP contribution is -2.60. The Kier molecular flexibility index (Phi) is 11.6. The van der Waals surface area contributed by atoms with Crippen LogP contribution in [-0.4, -0.2) is 74.3 Å². The lowest BCUT2D eigenvalue weighted by atomic mass is 9.91. The fourth-order valence-corrected chi connectivity index (χ4v) is 6.77. The van der Waals surface area contributed by atoms with Gasteiger partial charge in [0.1, 0.15) is 5.37 Å². The number of nitrogens with zero attached hydrogens (tertiary/aromatic N) is 1. The first-order valence-corrected chi connectivity index (χ1v) is 16.1. The van der Waals surface area contributed by atoms with E-state index in [1.165, 1.54) is 17.1 Å². The maximum atomic E-state index is 13.8. The van der Waals surface area contributed by atoms with Crippen LogP contribution in [0.25, 0.3) is 0 Å². The predicted octanol–water partition coefficient (Wildman–Crippen LogP) is 2.64. The molecule has 0 saturated heterocycles. The smallest absolute Gasteiger partial charge is 0.252 e. The summed E-state index contributed by atoms with van der Waals surface area (Å²) in [4.78, 5) is 26.3. The van der Waals surface area contributed by atoms with E-state index in [1.807, 2.05) is 51.1 Å². The van der Waals surface area contributed by atoms with Crippen LogP contribution in [0.2, 0.25) is 0 Å². The van der Waals surface area contributed by atoms with Gasteiger partial charge in [0, 0.05) is 26.0 Å². The van der Waals surface area contributed by atoms with Crippen LogP contribution in [0.5, 0.6) is 11.5 Å². The molecule has 4 N–H and O–H groups in total. The monoisotopic (exact) mass is 618 g/mol. The number of hydrogen-bond acceptors (Lipinski definition) is 9. The minimum absolute atomic E-state index is 0.0341. The topological polar surface area (TPSA) is 146 Å². The van der Waals surface area contributed by atoms with Gasteiger partial charge in [-0.3, -0.25) is 20.3 Å². The van der Waals surface area contributed by atoms with Crippen LogP contribution in [0.4, 0.5) is 0 Å². The molecule has 2 aromatic carbocycles. The highest BCUT2D eigenvalue weighted by molar-refractivity contribution is 7.92. The summed E-state index contributed by atoms with van der Waals surface area (Å²) in [6, 6.07) is 12.9. The molecule has 0 aromatic heterocycles. The second-order valence-corrected chi connectivity index (χ2v) is 14.5. The number of hydrogen-bond donors (Lipinski definition) is 4. The minimum Gasteiger partial charge on any atom is -0.451 e. The van der Waals surface area contributed by atoms with Gasteiger partial charge in [-0.15, -0.1) is 0 Å². The molecule has 2 aromatic rings. The molecule has 0 bridgehead atoms. The number of carbonyl (C=O) groups excluding carboxylic acids is 2. The molecule has 0 spiro atoms. The molecule has 4 atom stereocenters. The average molecular weight is 619 g/mol. The van der Waals surface area contributed by atoms with Crippen LogP contribution < -0.4 is 25.5 Å². The second-order valence-electron chi connectivity index (χ2n) is 12.4. The van der Waals surface area contributed by atoms with Crippen LogP contribution in [-0.2, 0) is 25.8 Å². The zero-order chi connectivity index (χ0) is 31.9. The van der Waals surface area contributed by atoms with Crippen molar-refractivity contribution in [2.75, 3.05) is 20.1 Å². The molecule has 11 nitrogen and oxygen atoms in total. The summed E-state index contributed by atoms with van der Waals surface area (Å²) in [7, 11) is -2.30. The number of carbonyl (C=O) groups is 2. The fraction of sp³-hybridized carbons (Fsp3) is 0.548. The number of fused-ring (bicyclic) bond motifs is 1. The van der Waals surface area contributed by atoms with Gasteiger partial charge in [-0.1, -0.05) is 65.0 Å². The van der Waals surface area contributed by atoms with Gasteiger partial charge in [0.15, 0.2) is 21.3 Å². The van der Waals surface area contributed by atoms with Crippen molar-refractivity contribution < 1.29 is 32.6 Å². The predicted molar refractivity (Wildman–Crippen MR) is 164 cm³/mol. The van der Waals surface area contributed by atoms with Crippen molar-refractivity contribution in [2.45, 2.75) is 83.1 Å². The third-order valence-electron chi connectivity index (χ3n) is 6.89. The highest BCUT2D eigenvalue weighted by Gasteiger charge is 2.36. The van der Waals surface area contributed by atoms with E-state index in [4.69, 9.17) is 9.47 Å². The Morgan fingerprint density at radius 1 is 1.05 bits per heavy atom. The van der Waals surface area contributed by atoms with Crippen LogP contribution in [0.1, 0.15) is 53.5 Å². The zero-order valence-corrected chi connectivity index (χ0v) is 26.9. The molecule has 3 rings (SSSR count). The molecule has 0 aliphatic carbocycles. The molecule has 1 aliphatic heterocycles. The number of sulfone groups is 1. The number of aliphatic hydroxyl groups is 1. The zero-order valence-electron chi connectivity index (χ0n) is 26.1. The third-order valence-corrected chi connectivity index (χ3v) is 9.18. The van der Waals surface area contributed by atoms with Crippen molar-refractivity contribution in [3.05, 3.63) is 54.1 Å². The van der Waals surface area contributed by atoms with Crippen LogP contribution >= 0.6 is 0 Å². The molecular formula is C31H46N4O7S. The Morgan fingerprint density at radius 3 is 2.30 bits per heavy atom. The maximum Gasteiger partial charge on any atom is 0.252 e. The van der Waals surface area contributed by atoms with Crippen molar-refractivity contribution in [1.82, 2.24) is 21.1 Å². The summed E-state index contributed by atoms with van der Waals surface area (Å²) >= 11 is 0. The number of ether oxygens (including phenoxy) is 2. The summed E-state index contributed by atoms with van der Waals surface area (Å²) in [5.74, 6) is -0.352. The number of nitrogens with one attached hydrogen (secondary N) is 3. The molecule has 1 aliphatic rings. The molecule has 12 heteroatoms. The van der Waals surface area contributed by atoms with Gasteiger partial charge < -0.3 is 19.9 Å². The highest BCUT2D eigenvalue weighted by atomic mass is 32.2. The Hall–Kier alpha value is -3.19. The van der Waals surface area contributed by atoms with E-state index < -0.39 is 39.6 Å². The van der Waals surface area contributed by atoms with E-state index in [2.05, 4.69) is 16.1 Å². The number of likely N-dealkylation sites (N-methyl/N-ethyl adjacent to an activating group) is 1. The molecule has 43 heavy (non-hydrogen) atoms. The average Bonchev–Trinajstić information content (AvgIpc) is 3.29. The van der Waals surface area contributed by atoms with Gasteiger partial charge in [-0.05, 0) is 42.5 Å². The quantitative estimate of drug-likeness (QED) is 0.249. The lowest BCUT2D eigenvalue weighted by Gasteiger charge is -2.37. The maximum absolute atomic E-state index is 13.8. The summed E-state index contributed by atoms with van der Waals surface area (Å²) in [5.41, 5.74) is 3.14. The lowest BCUT2D eigenvalue weighted by molar-refractivity contribution is -0.148. The Bertz CT molecular complexity index is 1350. The third kappa shape index (κ3) is 9.40. The molecule has 238 valence electrons. The van der Waals surface area contributed by atoms with Gasteiger partial charge >= 0.3 is 0 Å². The van der Waals surface area contributed by atoms with Crippen LogP contribution in [0.3, 0.4) is 0 Å². The Labute approximate surface area is 255 Å². The first-order valence-electron chi connectivity index (χ1n) is 14.5. The Morgan fingerprint density at radius 2 is 1.70 bits per heavy atom. The van der Waals surface area contributed by atoms with E-state index in [0.717, 1.165) is 5.56 Å². The number of benzene rings is 2. The fourth-order valence-electron chi connectivity index (χ4n) is 4.92. The minimum atomic E-state index is -3.92. The molecule has 3 unspecified atom stereocenters. The molecule has 1 heterocycles. The summed E-state index contributed by atoms with van der Waals surface area (Å²) in [6.45, 7) is 10.8. The van der Waals surface area contributed by atoms with Gasteiger partial charge in [0.25, 0.3) is 5.91 Å². The first kappa shape index (κ1) is 34.3. The summed E-state index contributed by atoms with van der Waals surface area (Å²) < 4.78 is 38.6. The van der Waals surface area contributed by atoms with Gasteiger partial charge in [-0.25, -0.2) is 13.4 Å². The standard InChI is InChI=1S/C31H46N4O7S/c1-20(2)30(43(39,40)23-13-14-26-27(16-23)42-21(3)41-26)33-18-25(36)24(15-22-11-9-8-10-12-22)35(34-28(37)19-32-7)29(38)17-31(4,5)6/h8-14,16,20-21,24-25,30,32-33,36H,15,17-19H2,1-7H3,(H,34,37)/t21?,24?,25-,30?/m1/s1. The van der Waals surface area contributed by atoms with Gasteiger partial charge in [0.05, 0.1) is 23.6 Å². The molecule has 0 saturated carbocycles. The largest absolute Gasteiger partial charge is 0.451 e. The van der Waals surface area contributed by atoms with E-state index in [-0.39, 0.29) is 48.1 Å². The summed E-state index contributed by atoms with van der Waals surface area (Å²) in [5, 5.41) is 17.6. The summed E-state index contributed by atoms with van der Waals surface area (Å²) in [6.07, 6.45) is -1.42. The highest BCUT2D eigenvalue weighted by Crippen LogP contribution is 2.37. The molecule has 2 amide bonds. The van der Waals surface area contributed by atoms with Crippen molar-refractivity contribution in [1.29, 1.82) is 0 Å². The number of hydrazine groups is 1. The normalized spacial score (nSPS) is 16.9. The van der Waals surface area contributed by atoms with E-state index in [1.54, 1.807) is 33.9 Å². The SMILES string of the molecule is CNCC(=O)NN(C(=O)CC(C)(C)C)C(Cc1ccccc1)[C@H](O)CNC(C(C)C)S(=O)(=O)c1ccc2c(c1)OC(C)O2. The van der Waals surface area contributed by atoms with Gasteiger partial charge in [0.2, 0.25) is 12.2 Å². The van der Waals surface area contributed by atoms with Crippen LogP contribution in [0, 0.1) is 11.3 Å². The van der Waals surface area contributed by atoms with E-state index in [0.29, 0.717) is 11.5 Å². The van der Waals surface area contributed by atoms with E-state index in [9.17, 15) is 23.1 Å². The number of rotatable bonds is 13. The first-order chi connectivity index (χ1) is 20.1. The molecular weight excluding hydrogens is 572 g/mol. The van der Waals surface area contributed by atoms with Gasteiger partial charge in [-0.2, -0.15) is 0 Å². The number of aliphatic hydroxyl groups excluding tert-OH is 1. The van der Waals surface area contributed by atoms with Crippen molar-refractivity contribution in [3.8, 4) is 11.5 Å². The molecule has 0 fully saturated rings. The van der Waals surface area contributed by atoms with Crippen molar-refractivity contribution >= 4 is 21.7 Å². The molecule has 0 radical (unpaired) electrons. The van der Waals surface area contributed by atoms with E-state index >= 15 is 0 Å². The van der Waals surface area contributed by atoms with Crippen molar-refractivity contribution in [3.63, 3.8) is 0 Å². The van der Waals surface area contributed by atoms with Crippen molar-refractivity contribution in [2.24, 2.45) is 11.3 Å². The Balaban J connectivity index is 1.90. The second kappa shape index (κ2) is 14.5. The number of amides is 2. The van der Waals surface area contributed by atoms with Crippen LogP contribution in [0.15, 0.2) is 53.4 Å².